The highest BCUT2D eigenvalue weighted by molar-refractivity contribution is 7.98. The van der Waals surface area contributed by atoms with E-state index in [-0.39, 0.29) is 0 Å². The van der Waals surface area contributed by atoms with Gasteiger partial charge in [-0.25, -0.2) is 0 Å². The SMILES string of the molecule is c1ccc(C2=NCCCN2)c(CSc2cccc3ccccc23)c1. The van der Waals surface area contributed by atoms with Gasteiger partial charge < -0.3 is 5.32 Å². The molecule has 3 heteroatoms. The Morgan fingerprint density at radius 2 is 1.75 bits per heavy atom. The number of amidine groups is 1. The van der Waals surface area contributed by atoms with E-state index in [4.69, 9.17) is 0 Å². The molecular formula is C21H20N2S. The quantitative estimate of drug-likeness (QED) is 0.689. The molecule has 0 amide bonds. The normalized spacial score (nSPS) is 14.2. The molecule has 0 saturated heterocycles. The van der Waals surface area contributed by atoms with Gasteiger partial charge in [0, 0.05) is 29.3 Å². The lowest BCUT2D eigenvalue weighted by atomic mass is 10.1. The van der Waals surface area contributed by atoms with Gasteiger partial charge in [0.15, 0.2) is 0 Å². The van der Waals surface area contributed by atoms with Gasteiger partial charge in [-0.05, 0) is 28.8 Å². The minimum Gasteiger partial charge on any atom is -0.370 e. The van der Waals surface area contributed by atoms with Crippen LogP contribution in [0.4, 0.5) is 0 Å². The average molecular weight is 332 g/mol. The Kier molecular flexibility index (Phi) is 4.52. The summed E-state index contributed by atoms with van der Waals surface area (Å²) < 4.78 is 0. The number of thioether (sulfide) groups is 1. The molecule has 0 fully saturated rings. The highest BCUT2D eigenvalue weighted by Crippen LogP contribution is 2.31. The van der Waals surface area contributed by atoms with Gasteiger partial charge >= 0.3 is 0 Å². The third kappa shape index (κ3) is 3.17. The van der Waals surface area contributed by atoms with E-state index in [9.17, 15) is 0 Å². The minimum absolute atomic E-state index is 0.924. The molecule has 0 radical (unpaired) electrons. The predicted molar refractivity (Wildman–Crippen MR) is 104 cm³/mol. The first-order valence-electron chi connectivity index (χ1n) is 8.39. The summed E-state index contributed by atoms with van der Waals surface area (Å²) in [4.78, 5) is 6.00. The minimum atomic E-state index is 0.924. The third-order valence-electron chi connectivity index (χ3n) is 4.30. The highest BCUT2D eigenvalue weighted by Gasteiger charge is 2.12. The summed E-state index contributed by atoms with van der Waals surface area (Å²) in [6.45, 7) is 1.94. The Morgan fingerprint density at radius 3 is 2.67 bits per heavy atom. The molecular weight excluding hydrogens is 312 g/mol. The van der Waals surface area contributed by atoms with E-state index in [2.05, 4.69) is 77.0 Å². The number of aliphatic imine (C=N–C) groups is 1. The summed E-state index contributed by atoms with van der Waals surface area (Å²) in [6, 6.07) is 23.7. The van der Waals surface area contributed by atoms with Crippen LogP contribution >= 0.6 is 11.8 Å². The molecule has 0 aliphatic carbocycles. The van der Waals surface area contributed by atoms with Crippen LogP contribution in [0.5, 0.6) is 0 Å². The molecule has 0 aromatic heterocycles. The molecule has 0 atom stereocenters. The Morgan fingerprint density at radius 1 is 0.917 bits per heavy atom. The maximum Gasteiger partial charge on any atom is 0.128 e. The van der Waals surface area contributed by atoms with Crippen molar-refractivity contribution in [3.8, 4) is 0 Å². The van der Waals surface area contributed by atoms with Crippen LogP contribution in [-0.4, -0.2) is 18.9 Å². The molecule has 1 aliphatic rings. The highest BCUT2D eigenvalue weighted by atomic mass is 32.2. The van der Waals surface area contributed by atoms with E-state index < -0.39 is 0 Å². The van der Waals surface area contributed by atoms with E-state index in [1.165, 1.54) is 26.8 Å². The molecule has 1 heterocycles. The van der Waals surface area contributed by atoms with Crippen molar-refractivity contribution in [3.63, 3.8) is 0 Å². The Bertz CT molecular complexity index is 880. The van der Waals surface area contributed by atoms with Crippen LogP contribution in [-0.2, 0) is 5.75 Å². The van der Waals surface area contributed by atoms with Gasteiger partial charge in [-0.2, -0.15) is 0 Å². The number of nitrogens with one attached hydrogen (secondary N) is 1. The van der Waals surface area contributed by atoms with Crippen molar-refractivity contribution >= 4 is 28.4 Å². The van der Waals surface area contributed by atoms with Crippen molar-refractivity contribution in [2.24, 2.45) is 4.99 Å². The molecule has 2 nitrogen and oxygen atoms in total. The summed E-state index contributed by atoms with van der Waals surface area (Å²) in [5.74, 6) is 2.00. The summed E-state index contributed by atoms with van der Waals surface area (Å²) in [6.07, 6.45) is 1.12. The fraction of sp³-hybridized carbons (Fsp3) is 0.190. The fourth-order valence-electron chi connectivity index (χ4n) is 3.07. The standard InChI is InChI=1S/C21H20N2S/c1-3-10-18-16(7-1)9-5-12-20(18)24-15-17-8-2-4-11-19(17)21-22-13-6-14-23-21/h1-5,7-12H,6,13-15H2,(H,22,23). The summed E-state index contributed by atoms with van der Waals surface area (Å²) in [5.41, 5.74) is 2.58. The van der Waals surface area contributed by atoms with Crippen molar-refractivity contribution in [1.29, 1.82) is 0 Å². The fourth-order valence-corrected chi connectivity index (χ4v) is 4.15. The zero-order chi connectivity index (χ0) is 16.2. The van der Waals surface area contributed by atoms with Crippen LogP contribution in [0.1, 0.15) is 17.5 Å². The molecule has 4 rings (SSSR count). The zero-order valence-corrected chi connectivity index (χ0v) is 14.4. The molecule has 0 unspecified atom stereocenters. The summed E-state index contributed by atoms with van der Waals surface area (Å²) in [7, 11) is 0. The molecule has 0 bridgehead atoms. The van der Waals surface area contributed by atoms with E-state index in [0.717, 1.165) is 31.1 Å². The number of hydrogen-bond donors (Lipinski definition) is 1. The van der Waals surface area contributed by atoms with Crippen LogP contribution in [0.3, 0.4) is 0 Å². The van der Waals surface area contributed by atoms with Crippen LogP contribution in [0.15, 0.2) is 76.6 Å². The van der Waals surface area contributed by atoms with Gasteiger partial charge in [-0.3, -0.25) is 4.99 Å². The predicted octanol–water partition coefficient (Wildman–Crippen LogP) is 4.87. The number of hydrogen-bond acceptors (Lipinski definition) is 3. The molecule has 0 saturated carbocycles. The maximum atomic E-state index is 4.66. The summed E-state index contributed by atoms with van der Waals surface area (Å²) >= 11 is 1.90. The smallest absolute Gasteiger partial charge is 0.128 e. The number of rotatable bonds is 4. The number of fused-ring (bicyclic) bond motifs is 1. The van der Waals surface area contributed by atoms with E-state index in [0.29, 0.717) is 0 Å². The Labute approximate surface area is 147 Å². The average Bonchev–Trinajstić information content (AvgIpc) is 2.67. The van der Waals surface area contributed by atoms with E-state index in [1.807, 2.05) is 11.8 Å². The molecule has 120 valence electrons. The number of nitrogens with zero attached hydrogens (tertiary/aromatic N) is 1. The van der Waals surface area contributed by atoms with E-state index in [1.54, 1.807) is 0 Å². The topological polar surface area (TPSA) is 24.4 Å². The molecule has 1 N–H and O–H groups in total. The first-order chi connectivity index (χ1) is 11.9. The van der Waals surface area contributed by atoms with Gasteiger partial charge in [-0.1, -0.05) is 60.7 Å². The van der Waals surface area contributed by atoms with Gasteiger partial charge in [0.1, 0.15) is 5.84 Å². The van der Waals surface area contributed by atoms with Crippen LogP contribution < -0.4 is 5.32 Å². The molecule has 24 heavy (non-hydrogen) atoms. The largest absolute Gasteiger partial charge is 0.370 e. The second kappa shape index (κ2) is 7.10. The molecule has 0 spiro atoms. The second-order valence-electron chi connectivity index (χ2n) is 5.93. The number of benzene rings is 3. The third-order valence-corrected chi connectivity index (χ3v) is 5.42. The maximum absolute atomic E-state index is 4.66. The van der Waals surface area contributed by atoms with E-state index >= 15 is 0 Å². The first-order valence-corrected chi connectivity index (χ1v) is 9.37. The summed E-state index contributed by atoms with van der Waals surface area (Å²) in [5, 5.41) is 6.07. The zero-order valence-electron chi connectivity index (χ0n) is 13.5. The van der Waals surface area contributed by atoms with Gasteiger partial charge in [0.25, 0.3) is 0 Å². The molecule has 1 aliphatic heterocycles. The van der Waals surface area contributed by atoms with Crippen LogP contribution in [0, 0.1) is 0 Å². The monoisotopic (exact) mass is 332 g/mol. The molecule has 3 aromatic rings. The van der Waals surface area contributed by atoms with Crippen molar-refractivity contribution in [3.05, 3.63) is 77.9 Å². The Hall–Kier alpha value is -2.26. The van der Waals surface area contributed by atoms with Crippen molar-refractivity contribution < 1.29 is 0 Å². The van der Waals surface area contributed by atoms with Crippen molar-refractivity contribution in [1.82, 2.24) is 5.32 Å². The second-order valence-corrected chi connectivity index (χ2v) is 6.95. The lowest BCUT2D eigenvalue weighted by molar-refractivity contribution is 0.742. The lowest BCUT2D eigenvalue weighted by Gasteiger charge is -2.17. The van der Waals surface area contributed by atoms with Gasteiger partial charge in [0.05, 0.1) is 0 Å². The Balaban J connectivity index is 1.61. The molecule has 3 aromatic carbocycles. The van der Waals surface area contributed by atoms with Crippen LogP contribution in [0.25, 0.3) is 10.8 Å². The van der Waals surface area contributed by atoms with Crippen molar-refractivity contribution in [2.75, 3.05) is 13.1 Å². The lowest BCUT2D eigenvalue weighted by Crippen LogP contribution is -2.30. The van der Waals surface area contributed by atoms with Crippen LogP contribution in [0.2, 0.25) is 0 Å². The van der Waals surface area contributed by atoms with Gasteiger partial charge in [0.2, 0.25) is 0 Å². The van der Waals surface area contributed by atoms with Crippen molar-refractivity contribution in [2.45, 2.75) is 17.1 Å². The first kappa shape index (κ1) is 15.3. The van der Waals surface area contributed by atoms with Gasteiger partial charge in [-0.15, -0.1) is 11.8 Å².